The maximum Gasteiger partial charge on any atom is 0.241 e. The Hall–Kier alpha value is -1.77. The van der Waals surface area contributed by atoms with Crippen molar-refractivity contribution in [2.45, 2.75) is 38.3 Å². The van der Waals surface area contributed by atoms with E-state index in [0.29, 0.717) is 24.8 Å². The maximum absolute atomic E-state index is 12.4. The number of amides is 1. The van der Waals surface area contributed by atoms with Crippen LogP contribution < -0.4 is 5.32 Å². The van der Waals surface area contributed by atoms with Crippen LogP contribution in [0.15, 0.2) is 33.3 Å². The zero-order valence-corrected chi connectivity index (χ0v) is 17.4. The van der Waals surface area contributed by atoms with E-state index >= 15 is 0 Å². The molecular formula is C20H25BrN4O3. The Kier molecular flexibility index (Phi) is 6.39. The Morgan fingerprint density at radius 1 is 1.29 bits per heavy atom. The molecule has 2 aliphatic rings. The van der Waals surface area contributed by atoms with Crippen LogP contribution in [-0.2, 0) is 16.1 Å². The number of hydrogen-bond donors (Lipinski definition) is 1. The molecule has 1 aromatic carbocycles. The Bertz CT molecular complexity index is 798. The second-order valence-corrected chi connectivity index (χ2v) is 8.37. The standard InChI is InChI=1S/C20H25BrN4O3/c21-16-4-1-3-15(11-16)19-23-18(28-24-19)13-25-8-6-14(7-9-25)20(26)22-12-17-5-2-10-27-17/h1,3-4,11,14,17H,2,5-10,12-13H2,(H,22,26). The lowest BCUT2D eigenvalue weighted by molar-refractivity contribution is -0.127. The number of aromatic nitrogens is 2. The summed E-state index contributed by atoms with van der Waals surface area (Å²) in [5.41, 5.74) is 0.922. The number of piperidine rings is 1. The molecule has 28 heavy (non-hydrogen) atoms. The normalized spacial score (nSPS) is 21.1. The van der Waals surface area contributed by atoms with Gasteiger partial charge in [-0.15, -0.1) is 0 Å². The number of ether oxygens (including phenoxy) is 1. The number of hydrogen-bond acceptors (Lipinski definition) is 6. The fourth-order valence-corrected chi connectivity index (χ4v) is 4.17. The van der Waals surface area contributed by atoms with Crippen LogP contribution in [0, 0.1) is 5.92 Å². The average Bonchev–Trinajstić information content (AvgIpc) is 3.39. The molecule has 2 aliphatic heterocycles. The summed E-state index contributed by atoms with van der Waals surface area (Å²) in [5, 5.41) is 7.15. The molecule has 150 valence electrons. The fourth-order valence-electron chi connectivity index (χ4n) is 3.77. The summed E-state index contributed by atoms with van der Waals surface area (Å²) in [6.07, 6.45) is 4.04. The Morgan fingerprint density at radius 3 is 2.89 bits per heavy atom. The predicted octanol–water partition coefficient (Wildman–Crippen LogP) is 3.01. The van der Waals surface area contributed by atoms with Gasteiger partial charge >= 0.3 is 0 Å². The van der Waals surface area contributed by atoms with Gasteiger partial charge in [0.15, 0.2) is 0 Å². The molecule has 0 spiro atoms. The quantitative estimate of drug-likeness (QED) is 0.731. The molecule has 0 aliphatic carbocycles. The monoisotopic (exact) mass is 448 g/mol. The summed E-state index contributed by atoms with van der Waals surface area (Å²) in [6, 6.07) is 7.84. The number of likely N-dealkylation sites (tertiary alicyclic amines) is 1. The minimum Gasteiger partial charge on any atom is -0.376 e. The molecule has 1 N–H and O–H groups in total. The molecule has 0 bridgehead atoms. The smallest absolute Gasteiger partial charge is 0.241 e. The highest BCUT2D eigenvalue weighted by Gasteiger charge is 2.27. The number of rotatable bonds is 6. The summed E-state index contributed by atoms with van der Waals surface area (Å²) in [4.78, 5) is 19.2. The van der Waals surface area contributed by atoms with E-state index in [1.54, 1.807) is 0 Å². The van der Waals surface area contributed by atoms with E-state index in [-0.39, 0.29) is 17.9 Å². The van der Waals surface area contributed by atoms with Gasteiger partial charge in [0.1, 0.15) is 0 Å². The summed E-state index contributed by atoms with van der Waals surface area (Å²) < 4.78 is 12.0. The van der Waals surface area contributed by atoms with Crippen molar-refractivity contribution < 1.29 is 14.1 Å². The first-order valence-electron chi connectivity index (χ1n) is 9.87. The summed E-state index contributed by atoms with van der Waals surface area (Å²) in [5.74, 6) is 1.44. The summed E-state index contributed by atoms with van der Waals surface area (Å²) >= 11 is 3.46. The molecule has 4 rings (SSSR count). The van der Waals surface area contributed by atoms with Crippen LogP contribution >= 0.6 is 15.9 Å². The van der Waals surface area contributed by atoms with Gasteiger partial charge in [-0.2, -0.15) is 4.98 Å². The number of benzene rings is 1. The van der Waals surface area contributed by atoms with Crippen LogP contribution in [0.1, 0.15) is 31.6 Å². The first-order chi connectivity index (χ1) is 13.7. The number of carbonyl (C=O) groups is 1. The van der Waals surface area contributed by atoms with E-state index in [1.807, 2.05) is 24.3 Å². The zero-order chi connectivity index (χ0) is 19.3. The highest BCUT2D eigenvalue weighted by molar-refractivity contribution is 9.10. The van der Waals surface area contributed by atoms with E-state index in [1.165, 1.54) is 0 Å². The lowest BCUT2D eigenvalue weighted by Gasteiger charge is -2.30. The largest absolute Gasteiger partial charge is 0.376 e. The number of halogens is 1. The topological polar surface area (TPSA) is 80.5 Å². The van der Waals surface area contributed by atoms with Crippen LogP contribution in [0.2, 0.25) is 0 Å². The lowest BCUT2D eigenvalue weighted by Crippen LogP contribution is -2.42. The number of nitrogens with zero attached hydrogens (tertiary/aromatic N) is 3. The van der Waals surface area contributed by atoms with Crippen LogP contribution in [-0.4, -0.2) is 53.3 Å². The molecule has 2 aromatic rings. The van der Waals surface area contributed by atoms with E-state index in [4.69, 9.17) is 9.26 Å². The van der Waals surface area contributed by atoms with E-state index in [0.717, 1.165) is 55.4 Å². The molecular weight excluding hydrogens is 424 g/mol. The lowest BCUT2D eigenvalue weighted by atomic mass is 9.96. The van der Waals surface area contributed by atoms with Gasteiger partial charge in [0, 0.05) is 29.1 Å². The van der Waals surface area contributed by atoms with Gasteiger partial charge in [-0.3, -0.25) is 9.69 Å². The van der Waals surface area contributed by atoms with Crippen molar-refractivity contribution >= 4 is 21.8 Å². The SMILES string of the molecule is O=C(NCC1CCCO1)C1CCN(Cc2nc(-c3cccc(Br)c3)no2)CC1. The molecule has 1 amide bonds. The molecule has 2 saturated heterocycles. The van der Waals surface area contributed by atoms with E-state index in [2.05, 4.69) is 36.3 Å². The Balaban J connectivity index is 1.24. The number of nitrogens with one attached hydrogen (secondary N) is 1. The van der Waals surface area contributed by atoms with Crippen LogP contribution in [0.25, 0.3) is 11.4 Å². The molecule has 2 fully saturated rings. The molecule has 0 radical (unpaired) electrons. The third-order valence-corrected chi connectivity index (χ3v) is 5.89. The third kappa shape index (κ3) is 4.98. The highest BCUT2D eigenvalue weighted by Crippen LogP contribution is 2.22. The summed E-state index contributed by atoms with van der Waals surface area (Å²) in [6.45, 7) is 3.78. The molecule has 1 atom stereocenters. The van der Waals surface area contributed by atoms with Gasteiger partial charge in [-0.25, -0.2) is 0 Å². The summed E-state index contributed by atoms with van der Waals surface area (Å²) in [7, 11) is 0. The molecule has 7 nitrogen and oxygen atoms in total. The molecule has 0 saturated carbocycles. The fraction of sp³-hybridized carbons (Fsp3) is 0.550. The first-order valence-corrected chi connectivity index (χ1v) is 10.7. The van der Waals surface area contributed by atoms with E-state index in [9.17, 15) is 4.79 Å². The van der Waals surface area contributed by atoms with Gasteiger partial charge < -0.3 is 14.6 Å². The predicted molar refractivity (Wildman–Crippen MR) is 107 cm³/mol. The molecule has 1 aromatic heterocycles. The third-order valence-electron chi connectivity index (χ3n) is 5.40. The van der Waals surface area contributed by atoms with Crippen molar-refractivity contribution in [3.8, 4) is 11.4 Å². The highest BCUT2D eigenvalue weighted by atomic mass is 79.9. The van der Waals surface area contributed by atoms with Crippen LogP contribution in [0.5, 0.6) is 0 Å². The second-order valence-electron chi connectivity index (χ2n) is 7.45. The van der Waals surface area contributed by atoms with Crippen molar-refractivity contribution in [3.63, 3.8) is 0 Å². The van der Waals surface area contributed by atoms with Gasteiger partial charge in [0.25, 0.3) is 0 Å². The van der Waals surface area contributed by atoms with Crippen molar-refractivity contribution in [3.05, 3.63) is 34.6 Å². The van der Waals surface area contributed by atoms with Crippen molar-refractivity contribution in [1.29, 1.82) is 0 Å². The van der Waals surface area contributed by atoms with Gasteiger partial charge in [0.05, 0.1) is 12.6 Å². The van der Waals surface area contributed by atoms with Crippen molar-refractivity contribution in [2.75, 3.05) is 26.2 Å². The second kappa shape index (κ2) is 9.15. The molecule has 1 unspecified atom stereocenters. The average molecular weight is 449 g/mol. The zero-order valence-electron chi connectivity index (χ0n) is 15.8. The molecule has 8 heteroatoms. The van der Waals surface area contributed by atoms with Crippen LogP contribution in [0.4, 0.5) is 0 Å². The van der Waals surface area contributed by atoms with Gasteiger partial charge in [-0.05, 0) is 50.9 Å². The maximum atomic E-state index is 12.4. The van der Waals surface area contributed by atoms with E-state index < -0.39 is 0 Å². The van der Waals surface area contributed by atoms with Crippen LogP contribution in [0.3, 0.4) is 0 Å². The van der Waals surface area contributed by atoms with Gasteiger partial charge in [-0.1, -0.05) is 33.2 Å². The number of carbonyl (C=O) groups excluding carboxylic acids is 1. The minimum atomic E-state index is 0.0811. The Labute approximate surface area is 172 Å². The Morgan fingerprint density at radius 2 is 2.14 bits per heavy atom. The minimum absolute atomic E-state index is 0.0811. The van der Waals surface area contributed by atoms with Crippen molar-refractivity contribution in [2.24, 2.45) is 5.92 Å². The van der Waals surface area contributed by atoms with Crippen molar-refractivity contribution in [1.82, 2.24) is 20.4 Å². The molecule has 3 heterocycles. The first kappa shape index (κ1) is 19.5. The van der Waals surface area contributed by atoms with Gasteiger partial charge in [0.2, 0.25) is 17.6 Å².